The predicted molar refractivity (Wildman–Crippen MR) is 98.0 cm³/mol. The molecule has 7 nitrogen and oxygen atoms in total. The van der Waals surface area contributed by atoms with E-state index < -0.39 is 10.9 Å². The Kier molecular flexibility index (Phi) is 4.81. The van der Waals surface area contributed by atoms with Crippen molar-refractivity contribution in [1.29, 1.82) is 0 Å². The van der Waals surface area contributed by atoms with Gasteiger partial charge >= 0.3 is 11.7 Å². The van der Waals surface area contributed by atoms with E-state index >= 15 is 0 Å². The van der Waals surface area contributed by atoms with Crippen molar-refractivity contribution in [2.75, 3.05) is 5.32 Å². The summed E-state index contributed by atoms with van der Waals surface area (Å²) in [6, 6.07) is 15.7. The monoisotopic (exact) mass is 369 g/mol. The van der Waals surface area contributed by atoms with Crippen LogP contribution in [-0.2, 0) is 0 Å². The van der Waals surface area contributed by atoms with Crippen LogP contribution in [0.25, 0.3) is 11.3 Å². The summed E-state index contributed by atoms with van der Waals surface area (Å²) in [7, 11) is 0. The standard InChI is InChI=1S/C18H12ClN3O4/c19-13-5-1-11(2-6-13)15-9-10-16(22(25)26)17(21-15)20-14-7-3-12(4-8-14)18(23)24/h1-10H,(H,20,21)(H,23,24). The smallest absolute Gasteiger partial charge is 0.335 e. The molecule has 3 rings (SSSR count). The second-order valence-electron chi connectivity index (χ2n) is 5.34. The average Bonchev–Trinajstić information content (AvgIpc) is 2.62. The number of hydrogen-bond donors (Lipinski definition) is 2. The Morgan fingerprint density at radius 2 is 1.69 bits per heavy atom. The number of halogens is 1. The summed E-state index contributed by atoms with van der Waals surface area (Å²) < 4.78 is 0. The van der Waals surface area contributed by atoms with Gasteiger partial charge < -0.3 is 10.4 Å². The van der Waals surface area contributed by atoms with Crippen LogP contribution in [0.3, 0.4) is 0 Å². The van der Waals surface area contributed by atoms with Gasteiger partial charge in [-0.3, -0.25) is 10.1 Å². The molecule has 0 fully saturated rings. The molecule has 0 radical (unpaired) electrons. The van der Waals surface area contributed by atoms with Crippen LogP contribution in [0.4, 0.5) is 17.2 Å². The molecule has 3 aromatic rings. The topological polar surface area (TPSA) is 105 Å². The van der Waals surface area contributed by atoms with Gasteiger partial charge in [-0.15, -0.1) is 0 Å². The maximum atomic E-state index is 11.3. The normalized spacial score (nSPS) is 10.3. The van der Waals surface area contributed by atoms with Crippen LogP contribution in [0, 0.1) is 10.1 Å². The summed E-state index contributed by atoms with van der Waals surface area (Å²) in [6.45, 7) is 0. The van der Waals surface area contributed by atoms with Crippen molar-refractivity contribution in [3.8, 4) is 11.3 Å². The van der Waals surface area contributed by atoms with Crippen LogP contribution in [0.15, 0.2) is 60.7 Å². The summed E-state index contributed by atoms with van der Waals surface area (Å²) in [6.07, 6.45) is 0. The van der Waals surface area contributed by atoms with E-state index in [4.69, 9.17) is 16.7 Å². The second kappa shape index (κ2) is 7.20. The van der Waals surface area contributed by atoms with Gasteiger partial charge in [0.2, 0.25) is 5.82 Å². The molecule has 26 heavy (non-hydrogen) atoms. The summed E-state index contributed by atoms with van der Waals surface area (Å²) in [5.74, 6) is -0.990. The third-order valence-electron chi connectivity index (χ3n) is 3.61. The van der Waals surface area contributed by atoms with Crippen molar-refractivity contribution in [2.24, 2.45) is 0 Å². The number of nitrogens with zero attached hydrogens (tertiary/aromatic N) is 2. The molecule has 0 aliphatic rings. The van der Waals surface area contributed by atoms with Crippen molar-refractivity contribution in [2.45, 2.75) is 0 Å². The highest BCUT2D eigenvalue weighted by Gasteiger charge is 2.17. The van der Waals surface area contributed by atoms with Crippen molar-refractivity contribution in [3.63, 3.8) is 0 Å². The maximum absolute atomic E-state index is 11.3. The number of aromatic carboxylic acids is 1. The molecule has 130 valence electrons. The predicted octanol–water partition coefficient (Wildman–Crippen LogP) is 4.75. The number of carboxylic acids is 1. The molecule has 0 atom stereocenters. The molecule has 0 saturated carbocycles. The molecule has 0 saturated heterocycles. The molecular weight excluding hydrogens is 358 g/mol. The van der Waals surface area contributed by atoms with Crippen molar-refractivity contribution < 1.29 is 14.8 Å². The van der Waals surface area contributed by atoms with E-state index in [0.717, 1.165) is 5.56 Å². The molecule has 0 bridgehead atoms. The van der Waals surface area contributed by atoms with Crippen LogP contribution in [0.1, 0.15) is 10.4 Å². The average molecular weight is 370 g/mol. The Hall–Kier alpha value is -3.45. The van der Waals surface area contributed by atoms with Gasteiger partial charge in [-0.2, -0.15) is 0 Å². The van der Waals surface area contributed by atoms with Gasteiger partial charge in [0.25, 0.3) is 0 Å². The first-order valence-electron chi connectivity index (χ1n) is 7.46. The highest BCUT2D eigenvalue weighted by Crippen LogP contribution is 2.29. The minimum Gasteiger partial charge on any atom is -0.478 e. The Labute approximate surface area is 153 Å². The molecule has 2 aromatic carbocycles. The fraction of sp³-hybridized carbons (Fsp3) is 0. The molecule has 2 N–H and O–H groups in total. The highest BCUT2D eigenvalue weighted by atomic mass is 35.5. The number of nitro groups is 1. The van der Waals surface area contributed by atoms with Crippen LogP contribution in [0.2, 0.25) is 5.02 Å². The molecule has 8 heteroatoms. The lowest BCUT2D eigenvalue weighted by Crippen LogP contribution is -2.01. The van der Waals surface area contributed by atoms with E-state index in [0.29, 0.717) is 16.4 Å². The minimum absolute atomic E-state index is 0.0607. The number of hydrogen-bond acceptors (Lipinski definition) is 5. The molecule has 1 heterocycles. The number of benzene rings is 2. The van der Waals surface area contributed by atoms with Gasteiger partial charge in [0.05, 0.1) is 16.2 Å². The zero-order valence-corrected chi connectivity index (χ0v) is 14.0. The van der Waals surface area contributed by atoms with Gasteiger partial charge in [-0.05, 0) is 42.5 Å². The highest BCUT2D eigenvalue weighted by molar-refractivity contribution is 6.30. The fourth-order valence-corrected chi connectivity index (χ4v) is 2.43. The van der Waals surface area contributed by atoms with Crippen LogP contribution in [0.5, 0.6) is 0 Å². The number of pyridine rings is 1. The Balaban J connectivity index is 1.97. The minimum atomic E-state index is -1.05. The van der Waals surface area contributed by atoms with Crippen LogP contribution < -0.4 is 5.32 Å². The zero-order valence-electron chi connectivity index (χ0n) is 13.2. The molecule has 0 aliphatic carbocycles. The van der Waals surface area contributed by atoms with Crippen molar-refractivity contribution >= 4 is 34.8 Å². The summed E-state index contributed by atoms with van der Waals surface area (Å²) in [5, 5.41) is 23.7. The Morgan fingerprint density at radius 1 is 1.04 bits per heavy atom. The quantitative estimate of drug-likeness (QED) is 0.496. The fourth-order valence-electron chi connectivity index (χ4n) is 2.31. The maximum Gasteiger partial charge on any atom is 0.335 e. The van der Waals surface area contributed by atoms with Crippen molar-refractivity contribution in [1.82, 2.24) is 4.98 Å². The first-order chi connectivity index (χ1) is 12.4. The number of nitrogens with one attached hydrogen (secondary N) is 1. The summed E-state index contributed by atoms with van der Waals surface area (Å²) >= 11 is 5.88. The van der Waals surface area contributed by atoms with Gasteiger partial charge in [0.1, 0.15) is 0 Å². The van der Waals surface area contributed by atoms with Gasteiger partial charge in [-0.25, -0.2) is 9.78 Å². The third kappa shape index (κ3) is 3.79. The van der Waals surface area contributed by atoms with E-state index in [1.165, 1.54) is 30.3 Å². The van der Waals surface area contributed by atoms with E-state index in [2.05, 4.69) is 10.3 Å². The van der Waals surface area contributed by atoms with Crippen LogP contribution in [-0.4, -0.2) is 21.0 Å². The first-order valence-corrected chi connectivity index (χ1v) is 7.83. The van der Waals surface area contributed by atoms with Crippen LogP contribution >= 0.6 is 11.6 Å². The molecular formula is C18H12ClN3O4. The summed E-state index contributed by atoms with van der Waals surface area (Å²) in [5.41, 5.74) is 1.71. The largest absolute Gasteiger partial charge is 0.478 e. The Morgan fingerprint density at radius 3 is 2.27 bits per heavy atom. The van der Waals surface area contributed by atoms with E-state index in [1.54, 1.807) is 30.3 Å². The van der Waals surface area contributed by atoms with Crippen molar-refractivity contribution in [3.05, 3.63) is 81.4 Å². The lowest BCUT2D eigenvalue weighted by molar-refractivity contribution is -0.384. The SMILES string of the molecule is O=C(O)c1ccc(Nc2nc(-c3ccc(Cl)cc3)ccc2[N+](=O)[O-])cc1. The molecule has 0 aliphatic heterocycles. The molecule has 0 amide bonds. The number of anilines is 2. The third-order valence-corrected chi connectivity index (χ3v) is 3.86. The lowest BCUT2D eigenvalue weighted by atomic mass is 10.1. The molecule has 0 unspecified atom stereocenters. The van der Waals surface area contributed by atoms with Gasteiger partial charge in [-0.1, -0.05) is 23.7 Å². The summed E-state index contributed by atoms with van der Waals surface area (Å²) in [4.78, 5) is 26.0. The molecule has 0 spiro atoms. The first kappa shape index (κ1) is 17.4. The van der Waals surface area contributed by atoms with Gasteiger partial charge in [0, 0.05) is 22.3 Å². The number of carboxylic acid groups (broad SMARTS) is 1. The number of carbonyl (C=O) groups is 1. The number of aromatic nitrogens is 1. The number of rotatable bonds is 5. The van der Waals surface area contributed by atoms with E-state index in [-0.39, 0.29) is 17.1 Å². The molecule has 1 aromatic heterocycles. The van der Waals surface area contributed by atoms with E-state index in [1.807, 2.05) is 0 Å². The van der Waals surface area contributed by atoms with Gasteiger partial charge in [0.15, 0.2) is 0 Å². The lowest BCUT2D eigenvalue weighted by Gasteiger charge is -2.09. The zero-order chi connectivity index (χ0) is 18.7. The van der Waals surface area contributed by atoms with E-state index in [9.17, 15) is 14.9 Å². The Bertz CT molecular complexity index is 973. The second-order valence-corrected chi connectivity index (χ2v) is 5.77.